The fraction of sp³-hybridized carbons (Fsp3) is 0.364. The fourth-order valence-electron chi connectivity index (χ4n) is 2.99. The minimum atomic E-state index is -4.77. The summed E-state index contributed by atoms with van der Waals surface area (Å²) in [7, 11) is 0. The number of benzene rings is 2. The molecule has 2 amide bonds. The van der Waals surface area contributed by atoms with Gasteiger partial charge in [-0.05, 0) is 55.7 Å². The first kappa shape index (κ1) is 24.4. The first-order valence-electron chi connectivity index (χ1n) is 9.41. The highest BCUT2D eigenvalue weighted by molar-refractivity contribution is 6.21. The van der Waals surface area contributed by atoms with Gasteiger partial charge < -0.3 is 0 Å². The lowest BCUT2D eigenvalue weighted by molar-refractivity contribution is -0.143. The SMILES string of the molecule is CC(C)N1C(=O)c2ccccc2C1=O.CC(C)c1cc(C(F)(F)F)cc(C(F)(F)F)c1. The second-order valence-corrected chi connectivity index (χ2v) is 7.61. The Labute approximate surface area is 175 Å². The van der Waals surface area contributed by atoms with Crippen LogP contribution in [0.2, 0.25) is 0 Å². The Kier molecular flexibility index (Phi) is 6.87. The molecule has 168 valence electrons. The number of carbonyl (C=O) groups is 2. The molecule has 9 heteroatoms. The zero-order valence-corrected chi connectivity index (χ0v) is 17.2. The molecule has 0 fully saturated rings. The van der Waals surface area contributed by atoms with Crippen LogP contribution >= 0.6 is 0 Å². The summed E-state index contributed by atoms with van der Waals surface area (Å²) in [6.07, 6.45) is -9.55. The molecular formula is C22H21F6NO2. The maximum Gasteiger partial charge on any atom is 0.416 e. The maximum absolute atomic E-state index is 12.4. The number of fused-ring (bicyclic) bond motifs is 1. The highest BCUT2D eigenvalue weighted by atomic mass is 19.4. The molecule has 3 nitrogen and oxygen atoms in total. The van der Waals surface area contributed by atoms with Gasteiger partial charge in [-0.15, -0.1) is 0 Å². The lowest BCUT2D eigenvalue weighted by atomic mass is 9.97. The van der Waals surface area contributed by atoms with Crippen LogP contribution in [0.25, 0.3) is 0 Å². The molecule has 2 aromatic rings. The van der Waals surface area contributed by atoms with Crippen molar-refractivity contribution in [3.05, 3.63) is 70.3 Å². The monoisotopic (exact) mass is 445 g/mol. The average molecular weight is 445 g/mol. The van der Waals surface area contributed by atoms with E-state index >= 15 is 0 Å². The van der Waals surface area contributed by atoms with Crippen LogP contribution in [0, 0.1) is 0 Å². The van der Waals surface area contributed by atoms with Gasteiger partial charge in [0.05, 0.1) is 22.3 Å². The zero-order chi connectivity index (χ0) is 23.7. The third-order valence-corrected chi connectivity index (χ3v) is 4.62. The number of hydrogen-bond acceptors (Lipinski definition) is 2. The van der Waals surface area contributed by atoms with E-state index in [-0.39, 0.29) is 29.5 Å². The number of rotatable bonds is 2. The number of alkyl halides is 6. The maximum atomic E-state index is 12.4. The van der Waals surface area contributed by atoms with Gasteiger partial charge in [-0.1, -0.05) is 26.0 Å². The lowest BCUT2D eigenvalue weighted by Gasteiger charge is -2.17. The lowest BCUT2D eigenvalue weighted by Crippen LogP contribution is -2.35. The third kappa shape index (κ3) is 5.45. The standard InChI is InChI=1S/C11H10F6.C11H11NO2/c1-6(2)7-3-8(10(12,13)14)5-9(4-7)11(15,16)17;1-7(2)12-10(13)8-5-3-4-6-9(8)11(12)14/h3-6H,1-2H3;3-7H,1-2H3. The molecule has 0 radical (unpaired) electrons. The number of amides is 2. The van der Waals surface area contributed by atoms with E-state index < -0.39 is 29.4 Å². The topological polar surface area (TPSA) is 37.4 Å². The summed E-state index contributed by atoms with van der Waals surface area (Å²) in [4.78, 5) is 24.8. The average Bonchev–Trinajstić information content (AvgIpc) is 2.91. The van der Waals surface area contributed by atoms with E-state index in [0.29, 0.717) is 11.1 Å². The molecule has 3 rings (SSSR count). The van der Waals surface area contributed by atoms with Crippen molar-refractivity contribution in [3.8, 4) is 0 Å². The van der Waals surface area contributed by atoms with Crippen molar-refractivity contribution in [1.82, 2.24) is 4.90 Å². The molecule has 0 spiro atoms. The van der Waals surface area contributed by atoms with Gasteiger partial charge in [0, 0.05) is 6.04 Å². The van der Waals surface area contributed by atoms with Crippen molar-refractivity contribution in [1.29, 1.82) is 0 Å². The minimum Gasteiger partial charge on any atom is -0.272 e. The number of halogens is 6. The molecule has 0 aromatic heterocycles. The number of carbonyl (C=O) groups excluding carboxylic acids is 2. The second kappa shape index (κ2) is 8.72. The van der Waals surface area contributed by atoms with Crippen molar-refractivity contribution in [2.24, 2.45) is 0 Å². The van der Waals surface area contributed by atoms with E-state index in [0.717, 1.165) is 12.1 Å². The molecular weight excluding hydrogens is 424 g/mol. The van der Waals surface area contributed by atoms with E-state index in [1.807, 2.05) is 13.8 Å². The highest BCUT2D eigenvalue weighted by Gasteiger charge is 2.37. The van der Waals surface area contributed by atoms with E-state index in [1.165, 1.54) is 18.7 Å². The molecule has 31 heavy (non-hydrogen) atoms. The molecule has 0 aliphatic carbocycles. The fourth-order valence-corrected chi connectivity index (χ4v) is 2.99. The van der Waals surface area contributed by atoms with Crippen LogP contribution < -0.4 is 0 Å². The van der Waals surface area contributed by atoms with Gasteiger partial charge in [0.1, 0.15) is 0 Å². The van der Waals surface area contributed by atoms with Crippen LogP contribution in [0.1, 0.15) is 71.0 Å². The van der Waals surface area contributed by atoms with Crippen molar-refractivity contribution in [2.45, 2.75) is 52.0 Å². The number of nitrogens with zero attached hydrogens (tertiary/aromatic N) is 1. The van der Waals surface area contributed by atoms with Gasteiger partial charge in [0.15, 0.2) is 0 Å². The molecule has 1 aliphatic rings. The molecule has 0 saturated heterocycles. The Balaban J connectivity index is 0.000000224. The van der Waals surface area contributed by atoms with E-state index in [1.54, 1.807) is 24.3 Å². The Bertz CT molecular complexity index is 909. The largest absolute Gasteiger partial charge is 0.416 e. The van der Waals surface area contributed by atoms with Crippen molar-refractivity contribution < 1.29 is 35.9 Å². The number of hydrogen-bond donors (Lipinski definition) is 0. The van der Waals surface area contributed by atoms with Gasteiger partial charge in [0.2, 0.25) is 0 Å². The summed E-state index contributed by atoms with van der Waals surface area (Å²) in [5.41, 5.74) is -1.48. The summed E-state index contributed by atoms with van der Waals surface area (Å²) in [5.74, 6) is -0.764. The number of imide groups is 1. The molecule has 0 unspecified atom stereocenters. The van der Waals surface area contributed by atoms with Crippen LogP contribution in [0.15, 0.2) is 42.5 Å². The first-order valence-corrected chi connectivity index (χ1v) is 9.41. The quantitative estimate of drug-likeness (QED) is 0.389. The van der Waals surface area contributed by atoms with E-state index in [4.69, 9.17) is 0 Å². The first-order chi connectivity index (χ1) is 14.1. The molecule has 1 aliphatic heterocycles. The predicted molar refractivity (Wildman–Crippen MR) is 103 cm³/mol. The Morgan fingerprint density at radius 3 is 1.39 bits per heavy atom. The smallest absolute Gasteiger partial charge is 0.272 e. The molecule has 0 saturated carbocycles. The van der Waals surface area contributed by atoms with Crippen molar-refractivity contribution in [3.63, 3.8) is 0 Å². The van der Waals surface area contributed by atoms with Gasteiger partial charge in [0.25, 0.3) is 11.8 Å². The Morgan fingerprint density at radius 1 is 0.710 bits per heavy atom. The Morgan fingerprint density at radius 2 is 1.10 bits per heavy atom. The van der Waals surface area contributed by atoms with Crippen LogP contribution in [0.3, 0.4) is 0 Å². The van der Waals surface area contributed by atoms with Crippen LogP contribution in [-0.2, 0) is 12.4 Å². The molecule has 0 bridgehead atoms. The van der Waals surface area contributed by atoms with Crippen molar-refractivity contribution >= 4 is 11.8 Å². The van der Waals surface area contributed by atoms with Crippen LogP contribution in [-0.4, -0.2) is 22.8 Å². The van der Waals surface area contributed by atoms with Gasteiger partial charge >= 0.3 is 12.4 Å². The summed E-state index contributed by atoms with van der Waals surface area (Å²) >= 11 is 0. The normalized spacial score (nSPS) is 14.1. The molecule has 0 N–H and O–H groups in total. The van der Waals surface area contributed by atoms with E-state index in [9.17, 15) is 35.9 Å². The molecule has 0 atom stereocenters. The third-order valence-electron chi connectivity index (χ3n) is 4.62. The second-order valence-electron chi connectivity index (χ2n) is 7.61. The van der Waals surface area contributed by atoms with E-state index in [2.05, 4.69) is 0 Å². The Hall–Kier alpha value is -2.84. The van der Waals surface area contributed by atoms with Crippen LogP contribution in [0.5, 0.6) is 0 Å². The summed E-state index contributed by atoms with van der Waals surface area (Å²) in [6.45, 7) is 6.74. The summed E-state index contributed by atoms with van der Waals surface area (Å²) in [6, 6.07) is 8.48. The van der Waals surface area contributed by atoms with Gasteiger partial charge in [-0.3, -0.25) is 14.5 Å². The predicted octanol–water partition coefficient (Wildman–Crippen LogP) is 6.54. The highest BCUT2D eigenvalue weighted by Crippen LogP contribution is 2.37. The van der Waals surface area contributed by atoms with Crippen molar-refractivity contribution in [2.75, 3.05) is 0 Å². The molecule has 2 aromatic carbocycles. The van der Waals surface area contributed by atoms with Crippen LogP contribution in [0.4, 0.5) is 26.3 Å². The molecule has 1 heterocycles. The zero-order valence-electron chi connectivity index (χ0n) is 17.2. The van der Waals surface area contributed by atoms with Gasteiger partial charge in [-0.2, -0.15) is 26.3 Å². The summed E-state index contributed by atoms with van der Waals surface area (Å²) in [5, 5.41) is 0. The summed E-state index contributed by atoms with van der Waals surface area (Å²) < 4.78 is 74.6. The van der Waals surface area contributed by atoms with Gasteiger partial charge in [-0.25, -0.2) is 0 Å². The minimum absolute atomic E-state index is 0.0205.